The van der Waals surface area contributed by atoms with Gasteiger partial charge in [0.1, 0.15) is 0 Å². The predicted molar refractivity (Wildman–Crippen MR) is 88.6 cm³/mol. The molecule has 0 fully saturated rings. The highest BCUT2D eigenvalue weighted by atomic mass is 16.5. The highest BCUT2D eigenvalue weighted by molar-refractivity contribution is 5.69. The summed E-state index contributed by atoms with van der Waals surface area (Å²) in [6.07, 6.45) is 9.64. The average molecular weight is 314 g/mol. The van der Waals surface area contributed by atoms with Crippen LogP contribution in [0.2, 0.25) is 0 Å². The summed E-state index contributed by atoms with van der Waals surface area (Å²) in [6.45, 7) is 6.86. The standard InChI is InChI=1S/C18H34O4/c1-4-6-8-9-11-13-18(20)22-15-16(3)14-21-17(19)12-10-7-5-2/h16H,4-15H2,1-3H3. The van der Waals surface area contributed by atoms with Crippen molar-refractivity contribution in [3.63, 3.8) is 0 Å². The molecule has 130 valence electrons. The van der Waals surface area contributed by atoms with Crippen molar-refractivity contribution >= 4 is 11.9 Å². The van der Waals surface area contributed by atoms with Crippen LogP contribution in [0.3, 0.4) is 0 Å². The molecule has 1 atom stereocenters. The summed E-state index contributed by atoms with van der Waals surface area (Å²) in [7, 11) is 0. The van der Waals surface area contributed by atoms with E-state index in [4.69, 9.17) is 9.47 Å². The number of hydrogen-bond donors (Lipinski definition) is 0. The maximum absolute atomic E-state index is 11.6. The molecule has 0 heterocycles. The fourth-order valence-electron chi connectivity index (χ4n) is 2.06. The molecule has 0 radical (unpaired) electrons. The van der Waals surface area contributed by atoms with Crippen molar-refractivity contribution in [2.75, 3.05) is 13.2 Å². The number of rotatable bonds is 14. The molecular weight excluding hydrogens is 280 g/mol. The van der Waals surface area contributed by atoms with E-state index in [1.54, 1.807) is 0 Å². The highest BCUT2D eigenvalue weighted by Crippen LogP contribution is 2.07. The van der Waals surface area contributed by atoms with E-state index in [1.807, 2.05) is 6.92 Å². The molecule has 0 aromatic rings. The first-order valence-corrected chi connectivity index (χ1v) is 8.91. The molecule has 0 amide bonds. The molecule has 0 N–H and O–H groups in total. The number of hydrogen-bond acceptors (Lipinski definition) is 4. The van der Waals surface area contributed by atoms with E-state index in [-0.39, 0.29) is 17.9 Å². The van der Waals surface area contributed by atoms with Crippen LogP contribution in [-0.2, 0) is 19.1 Å². The van der Waals surface area contributed by atoms with Gasteiger partial charge in [-0.05, 0) is 12.8 Å². The van der Waals surface area contributed by atoms with Gasteiger partial charge in [-0.15, -0.1) is 0 Å². The molecule has 0 saturated heterocycles. The lowest BCUT2D eigenvalue weighted by Crippen LogP contribution is -2.18. The second-order valence-electron chi connectivity index (χ2n) is 6.09. The van der Waals surface area contributed by atoms with E-state index in [0.717, 1.165) is 32.1 Å². The van der Waals surface area contributed by atoms with Crippen LogP contribution in [0, 0.1) is 5.92 Å². The average Bonchev–Trinajstić information content (AvgIpc) is 2.51. The topological polar surface area (TPSA) is 52.6 Å². The van der Waals surface area contributed by atoms with Crippen molar-refractivity contribution in [2.24, 2.45) is 5.92 Å². The molecule has 0 saturated carbocycles. The van der Waals surface area contributed by atoms with Crippen molar-refractivity contribution in [1.29, 1.82) is 0 Å². The van der Waals surface area contributed by atoms with Gasteiger partial charge in [-0.3, -0.25) is 9.59 Å². The Balaban J connectivity index is 3.52. The van der Waals surface area contributed by atoms with Gasteiger partial charge >= 0.3 is 11.9 Å². The van der Waals surface area contributed by atoms with Crippen LogP contribution in [0.15, 0.2) is 0 Å². The van der Waals surface area contributed by atoms with Crippen molar-refractivity contribution < 1.29 is 19.1 Å². The van der Waals surface area contributed by atoms with E-state index >= 15 is 0 Å². The van der Waals surface area contributed by atoms with Crippen LogP contribution in [-0.4, -0.2) is 25.2 Å². The fraction of sp³-hybridized carbons (Fsp3) is 0.889. The first-order chi connectivity index (χ1) is 10.6. The monoisotopic (exact) mass is 314 g/mol. The SMILES string of the molecule is CCCCCCCC(=O)OCC(C)COC(=O)CCCCC. The molecule has 0 aromatic heterocycles. The first-order valence-electron chi connectivity index (χ1n) is 8.91. The van der Waals surface area contributed by atoms with Crippen LogP contribution in [0.4, 0.5) is 0 Å². The Morgan fingerprint density at radius 3 is 1.64 bits per heavy atom. The van der Waals surface area contributed by atoms with Gasteiger partial charge in [-0.25, -0.2) is 0 Å². The quantitative estimate of drug-likeness (QED) is 0.346. The number of carbonyl (C=O) groups is 2. The maximum atomic E-state index is 11.6. The number of esters is 2. The third kappa shape index (κ3) is 13.9. The Kier molecular flexibility index (Phi) is 14.1. The van der Waals surface area contributed by atoms with Crippen LogP contribution in [0.25, 0.3) is 0 Å². The molecule has 4 heteroatoms. The Bertz CT molecular complexity index is 289. The molecule has 1 unspecified atom stereocenters. The zero-order chi connectivity index (χ0) is 16.6. The smallest absolute Gasteiger partial charge is 0.305 e. The number of ether oxygens (including phenoxy) is 2. The normalized spacial score (nSPS) is 12.0. The maximum Gasteiger partial charge on any atom is 0.305 e. The molecule has 0 aliphatic carbocycles. The zero-order valence-corrected chi connectivity index (χ0v) is 14.7. The minimum absolute atomic E-state index is 0.0548. The zero-order valence-electron chi connectivity index (χ0n) is 14.7. The summed E-state index contributed by atoms with van der Waals surface area (Å²) in [5.41, 5.74) is 0. The summed E-state index contributed by atoms with van der Waals surface area (Å²) in [6, 6.07) is 0. The summed E-state index contributed by atoms with van der Waals surface area (Å²) >= 11 is 0. The van der Waals surface area contributed by atoms with Gasteiger partial charge in [0.2, 0.25) is 0 Å². The largest absolute Gasteiger partial charge is 0.465 e. The van der Waals surface area contributed by atoms with Crippen LogP contribution in [0.5, 0.6) is 0 Å². The summed E-state index contributed by atoms with van der Waals surface area (Å²) in [5, 5.41) is 0. The van der Waals surface area contributed by atoms with Crippen LogP contribution >= 0.6 is 0 Å². The second-order valence-corrected chi connectivity index (χ2v) is 6.09. The fourth-order valence-corrected chi connectivity index (χ4v) is 2.06. The van der Waals surface area contributed by atoms with E-state index < -0.39 is 0 Å². The third-order valence-corrected chi connectivity index (χ3v) is 3.53. The highest BCUT2D eigenvalue weighted by Gasteiger charge is 2.10. The van der Waals surface area contributed by atoms with E-state index in [0.29, 0.717) is 26.1 Å². The molecule has 22 heavy (non-hydrogen) atoms. The number of unbranched alkanes of at least 4 members (excludes halogenated alkanes) is 6. The Morgan fingerprint density at radius 2 is 1.14 bits per heavy atom. The summed E-state index contributed by atoms with van der Waals surface area (Å²) in [5.74, 6) is -0.237. The van der Waals surface area contributed by atoms with Crippen molar-refractivity contribution in [3.8, 4) is 0 Å². The second kappa shape index (κ2) is 14.9. The van der Waals surface area contributed by atoms with E-state index in [1.165, 1.54) is 19.3 Å². The van der Waals surface area contributed by atoms with Gasteiger partial charge in [-0.2, -0.15) is 0 Å². The Hall–Kier alpha value is -1.06. The van der Waals surface area contributed by atoms with Crippen molar-refractivity contribution in [2.45, 2.75) is 85.0 Å². The molecule has 0 rings (SSSR count). The molecule has 0 bridgehead atoms. The number of carbonyl (C=O) groups excluding carboxylic acids is 2. The van der Waals surface area contributed by atoms with Crippen LogP contribution < -0.4 is 0 Å². The van der Waals surface area contributed by atoms with Crippen molar-refractivity contribution in [3.05, 3.63) is 0 Å². The summed E-state index contributed by atoms with van der Waals surface area (Å²) < 4.78 is 10.4. The van der Waals surface area contributed by atoms with Gasteiger partial charge in [0.15, 0.2) is 0 Å². The Labute approximate surface area is 135 Å². The molecule has 0 aliphatic heterocycles. The van der Waals surface area contributed by atoms with E-state index in [2.05, 4.69) is 13.8 Å². The lowest BCUT2D eigenvalue weighted by molar-refractivity contribution is -0.148. The van der Waals surface area contributed by atoms with E-state index in [9.17, 15) is 9.59 Å². The molecule has 4 nitrogen and oxygen atoms in total. The molecular formula is C18H34O4. The van der Waals surface area contributed by atoms with Crippen molar-refractivity contribution in [1.82, 2.24) is 0 Å². The van der Waals surface area contributed by atoms with Gasteiger partial charge in [-0.1, -0.05) is 59.3 Å². The lowest BCUT2D eigenvalue weighted by Gasteiger charge is -2.12. The van der Waals surface area contributed by atoms with Crippen LogP contribution in [0.1, 0.15) is 85.0 Å². The third-order valence-electron chi connectivity index (χ3n) is 3.53. The predicted octanol–water partition coefficient (Wildman–Crippen LogP) is 4.65. The van der Waals surface area contributed by atoms with Gasteiger partial charge < -0.3 is 9.47 Å². The molecule has 0 aliphatic rings. The minimum atomic E-state index is -0.150. The molecule has 0 aromatic carbocycles. The van der Waals surface area contributed by atoms with Gasteiger partial charge in [0, 0.05) is 18.8 Å². The molecule has 0 spiro atoms. The van der Waals surface area contributed by atoms with Gasteiger partial charge in [0.05, 0.1) is 13.2 Å². The Morgan fingerprint density at radius 1 is 0.727 bits per heavy atom. The van der Waals surface area contributed by atoms with Gasteiger partial charge in [0.25, 0.3) is 0 Å². The first kappa shape index (κ1) is 20.9. The lowest BCUT2D eigenvalue weighted by atomic mass is 10.1. The minimum Gasteiger partial charge on any atom is -0.465 e. The summed E-state index contributed by atoms with van der Waals surface area (Å²) in [4.78, 5) is 23.0.